The van der Waals surface area contributed by atoms with Crippen molar-refractivity contribution in [1.82, 2.24) is 15.8 Å². The minimum absolute atomic E-state index is 0.404. The summed E-state index contributed by atoms with van der Waals surface area (Å²) in [4.78, 5) is 15.4. The van der Waals surface area contributed by atoms with Gasteiger partial charge in [-0.2, -0.15) is 0 Å². The molecule has 5 nitrogen and oxygen atoms in total. The molecule has 0 saturated carbocycles. The number of benzene rings is 2. The number of likely N-dealkylation sites (N-methyl/N-ethyl adjacent to an activating group) is 1. The summed E-state index contributed by atoms with van der Waals surface area (Å²) in [6.45, 7) is 0. The van der Waals surface area contributed by atoms with Gasteiger partial charge in [-0.15, -0.1) is 0 Å². The van der Waals surface area contributed by atoms with Gasteiger partial charge in [-0.25, -0.2) is 5.48 Å². The molecule has 1 aliphatic carbocycles. The number of fused-ring (bicyclic) bond motifs is 3. The van der Waals surface area contributed by atoms with Crippen LogP contribution in [0.4, 0.5) is 0 Å². The quantitative estimate of drug-likeness (QED) is 0.432. The number of nitrogens with one attached hydrogen (secondary N) is 3. The summed E-state index contributed by atoms with van der Waals surface area (Å²) in [6, 6.07) is 16.5. The van der Waals surface area contributed by atoms with Gasteiger partial charge in [0.1, 0.15) is 0 Å². The fourth-order valence-corrected chi connectivity index (χ4v) is 4.14. The van der Waals surface area contributed by atoms with E-state index in [-0.39, 0.29) is 0 Å². The normalized spacial score (nSPS) is 19.3. The number of H-pyrrole nitrogens is 1. The third-order valence-corrected chi connectivity index (χ3v) is 5.46. The second kappa shape index (κ2) is 6.94. The molecular weight excluding hydrogens is 326 g/mol. The molecule has 3 aromatic rings. The number of hydrogen-bond acceptors (Lipinski definition) is 3. The molecule has 1 amide bonds. The minimum atomic E-state index is -0.483. The maximum atomic E-state index is 11.8. The fourth-order valence-electron chi connectivity index (χ4n) is 4.14. The van der Waals surface area contributed by atoms with Crippen LogP contribution in [0, 0.1) is 0 Å². The summed E-state index contributed by atoms with van der Waals surface area (Å²) in [7, 11) is 2.01. The van der Waals surface area contributed by atoms with Gasteiger partial charge in [-0.3, -0.25) is 10.0 Å². The van der Waals surface area contributed by atoms with Gasteiger partial charge in [0.15, 0.2) is 0 Å². The maximum absolute atomic E-state index is 11.8. The Morgan fingerprint density at radius 3 is 2.77 bits per heavy atom. The van der Waals surface area contributed by atoms with Crippen molar-refractivity contribution >= 4 is 16.8 Å². The van der Waals surface area contributed by atoms with Crippen LogP contribution in [0.5, 0.6) is 0 Å². The topological polar surface area (TPSA) is 77.2 Å². The summed E-state index contributed by atoms with van der Waals surface area (Å²) in [5.41, 5.74) is 7.11. The van der Waals surface area contributed by atoms with Gasteiger partial charge in [0, 0.05) is 34.1 Å². The first kappa shape index (κ1) is 16.8. The van der Waals surface area contributed by atoms with Crippen molar-refractivity contribution in [3.05, 3.63) is 70.9 Å². The molecular formula is C21H23N3O2. The highest BCUT2D eigenvalue weighted by Gasteiger charge is 2.29. The Kier molecular flexibility index (Phi) is 4.49. The van der Waals surface area contributed by atoms with Crippen LogP contribution < -0.4 is 10.8 Å². The lowest BCUT2D eigenvalue weighted by Crippen LogP contribution is -2.34. The number of hydroxylamine groups is 1. The molecule has 0 aliphatic heterocycles. The zero-order chi connectivity index (χ0) is 18.1. The van der Waals surface area contributed by atoms with E-state index in [9.17, 15) is 4.79 Å². The molecule has 2 aromatic carbocycles. The first-order valence-electron chi connectivity index (χ1n) is 8.99. The predicted molar refractivity (Wildman–Crippen MR) is 102 cm³/mol. The summed E-state index contributed by atoms with van der Waals surface area (Å²) in [5.74, 6) is -0.0789. The first-order chi connectivity index (χ1) is 12.7. The van der Waals surface area contributed by atoms with Crippen LogP contribution in [0.2, 0.25) is 0 Å². The molecule has 0 fully saturated rings. The third kappa shape index (κ3) is 3.00. The number of carbonyl (C=O) groups excluding carboxylic acids is 1. The van der Waals surface area contributed by atoms with Gasteiger partial charge in [0.05, 0.1) is 0 Å². The molecule has 4 rings (SSSR count). The molecule has 0 radical (unpaired) electrons. The van der Waals surface area contributed by atoms with Gasteiger partial charge >= 0.3 is 0 Å². The van der Waals surface area contributed by atoms with E-state index in [1.54, 1.807) is 11.5 Å². The third-order valence-electron chi connectivity index (χ3n) is 5.46. The van der Waals surface area contributed by atoms with Gasteiger partial charge in [-0.1, -0.05) is 30.3 Å². The molecule has 5 heteroatoms. The summed E-state index contributed by atoms with van der Waals surface area (Å²) < 4.78 is 0. The van der Waals surface area contributed by atoms with Crippen molar-refractivity contribution in [1.29, 1.82) is 0 Å². The van der Waals surface area contributed by atoms with Crippen molar-refractivity contribution < 1.29 is 10.0 Å². The number of hydrogen-bond donors (Lipinski definition) is 4. The second-order valence-corrected chi connectivity index (χ2v) is 7.03. The summed E-state index contributed by atoms with van der Waals surface area (Å²) in [6.07, 6.45) is 3.00. The standard InChI is InChI=1S/C21H23N3O2/c1-22-16-10-15(9-13-5-3-2-4-6-13)20-18(12-16)17-11-14(21(25)24-26)7-8-19(17)23-20/h2-8,11,15-16,22-23,26H,9-10,12H2,1H3,(H,24,25). The monoisotopic (exact) mass is 349 g/mol. The van der Waals surface area contributed by atoms with E-state index in [1.807, 2.05) is 25.2 Å². The molecule has 26 heavy (non-hydrogen) atoms. The zero-order valence-electron chi connectivity index (χ0n) is 14.8. The molecule has 4 N–H and O–H groups in total. The lowest BCUT2D eigenvalue weighted by molar-refractivity contribution is 0.0706. The molecule has 1 heterocycles. The number of carbonyl (C=O) groups is 1. The van der Waals surface area contributed by atoms with Gasteiger partial charge in [0.25, 0.3) is 5.91 Å². The van der Waals surface area contributed by atoms with Crippen LogP contribution in [0.15, 0.2) is 48.5 Å². The molecule has 134 valence electrons. The van der Waals surface area contributed by atoms with E-state index < -0.39 is 5.91 Å². The van der Waals surface area contributed by atoms with Crippen LogP contribution >= 0.6 is 0 Å². The average Bonchev–Trinajstić information content (AvgIpc) is 3.06. The van der Waals surface area contributed by atoms with E-state index in [4.69, 9.17) is 5.21 Å². The van der Waals surface area contributed by atoms with Crippen LogP contribution in [-0.4, -0.2) is 29.2 Å². The van der Waals surface area contributed by atoms with Crippen molar-refractivity contribution in [3.63, 3.8) is 0 Å². The largest absolute Gasteiger partial charge is 0.358 e. The highest BCUT2D eigenvalue weighted by Crippen LogP contribution is 2.38. The SMILES string of the molecule is CNC1Cc2c([nH]c3ccc(C(=O)NO)cc23)C(Cc2ccccc2)C1. The average molecular weight is 349 g/mol. The molecule has 1 aromatic heterocycles. The Labute approximate surface area is 152 Å². The van der Waals surface area contributed by atoms with E-state index >= 15 is 0 Å². The van der Waals surface area contributed by atoms with Crippen LogP contribution in [-0.2, 0) is 12.8 Å². The smallest absolute Gasteiger partial charge is 0.274 e. The van der Waals surface area contributed by atoms with Crippen molar-refractivity contribution in [2.45, 2.75) is 31.2 Å². The van der Waals surface area contributed by atoms with Gasteiger partial charge < -0.3 is 10.3 Å². The van der Waals surface area contributed by atoms with Crippen molar-refractivity contribution in [2.24, 2.45) is 0 Å². The lowest BCUT2D eigenvalue weighted by Gasteiger charge is -2.29. The van der Waals surface area contributed by atoms with Crippen molar-refractivity contribution in [2.75, 3.05) is 7.05 Å². The number of amides is 1. The highest BCUT2D eigenvalue weighted by molar-refractivity contribution is 5.98. The number of aromatic amines is 1. The van der Waals surface area contributed by atoms with E-state index in [1.165, 1.54) is 16.8 Å². The molecule has 0 spiro atoms. The highest BCUT2D eigenvalue weighted by atomic mass is 16.5. The van der Waals surface area contributed by atoms with Crippen molar-refractivity contribution in [3.8, 4) is 0 Å². The number of rotatable bonds is 4. The lowest BCUT2D eigenvalue weighted by atomic mass is 9.80. The van der Waals surface area contributed by atoms with E-state index in [2.05, 4.69) is 34.6 Å². The Bertz CT molecular complexity index is 933. The Morgan fingerprint density at radius 1 is 1.23 bits per heavy atom. The fraction of sp³-hybridized carbons (Fsp3) is 0.286. The van der Waals surface area contributed by atoms with Gasteiger partial charge in [0.2, 0.25) is 0 Å². The number of aromatic nitrogens is 1. The Hall–Kier alpha value is -2.63. The molecule has 2 atom stereocenters. The van der Waals surface area contributed by atoms with E-state index in [0.29, 0.717) is 17.5 Å². The Balaban J connectivity index is 1.77. The van der Waals surface area contributed by atoms with Gasteiger partial charge in [-0.05, 0) is 55.6 Å². The summed E-state index contributed by atoms with van der Waals surface area (Å²) in [5, 5.41) is 13.4. The van der Waals surface area contributed by atoms with E-state index in [0.717, 1.165) is 30.2 Å². The second-order valence-electron chi connectivity index (χ2n) is 7.03. The zero-order valence-corrected chi connectivity index (χ0v) is 14.8. The molecule has 2 unspecified atom stereocenters. The first-order valence-corrected chi connectivity index (χ1v) is 8.99. The molecule has 1 aliphatic rings. The predicted octanol–water partition coefficient (Wildman–Crippen LogP) is 3.15. The van der Waals surface area contributed by atoms with Crippen LogP contribution in [0.1, 0.15) is 39.5 Å². The maximum Gasteiger partial charge on any atom is 0.274 e. The molecule has 0 saturated heterocycles. The van der Waals surface area contributed by atoms with Crippen LogP contribution in [0.3, 0.4) is 0 Å². The summed E-state index contributed by atoms with van der Waals surface area (Å²) >= 11 is 0. The minimum Gasteiger partial charge on any atom is -0.358 e. The Morgan fingerprint density at radius 2 is 2.04 bits per heavy atom. The van der Waals surface area contributed by atoms with Crippen LogP contribution in [0.25, 0.3) is 10.9 Å². The molecule has 0 bridgehead atoms.